The standard InChI is InChI=1S/C20H22ClFN2/c1-2-14-3-5-15(6-4-14)7-8-16-12-23-20(24-13-16)17-9-10-19(22)18(21)11-17/h2,9-15H,1,3-8H2/t14-,15-. The van der Waals surface area contributed by atoms with Crippen LogP contribution < -0.4 is 0 Å². The summed E-state index contributed by atoms with van der Waals surface area (Å²) in [6.07, 6.45) is 13.2. The molecule has 0 bridgehead atoms. The highest BCUT2D eigenvalue weighted by molar-refractivity contribution is 6.31. The third-order valence-electron chi connectivity index (χ3n) is 4.95. The highest BCUT2D eigenvalue weighted by atomic mass is 35.5. The first-order valence-corrected chi connectivity index (χ1v) is 8.92. The van der Waals surface area contributed by atoms with Crippen LogP contribution in [-0.4, -0.2) is 9.97 Å². The lowest BCUT2D eigenvalue weighted by molar-refractivity contribution is 0.296. The number of allylic oxidation sites excluding steroid dienone is 1. The number of aromatic nitrogens is 2. The van der Waals surface area contributed by atoms with Crippen LogP contribution in [0.3, 0.4) is 0 Å². The number of hydrogen-bond donors (Lipinski definition) is 0. The molecule has 0 atom stereocenters. The molecule has 1 aromatic carbocycles. The van der Waals surface area contributed by atoms with E-state index >= 15 is 0 Å². The molecular weight excluding hydrogens is 323 g/mol. The van der Waals surface area contributed by atoms with Crippen LogP contribution in [0.2, 0.25) is 5.02 Å². The maximum atomic E-state index is 13.2. The van der Waals surface area contributed by atoms with Crippen LogP contribution in [0, 0.1) is 17.7 Å². The minimum Gasteiger partial charge on any atom is -0.236 e. The van der Waals surface area contributed by atoms with Gasteiger partial charge in [0.15, 0.2) is 5.82 Å². The van der Waals surface area contributed by atoms with Crippen molar-refractivity contribution in [2.45, 2.75) is 38.5 Å². The van der Waals surface area contributed by atoms with Crippen molar-refractivity contribution in [1.82, 2.24) is 9.97 Å². The van der Waals surface area contributed by atoms with Crippen LogP contribution in [0.15, 0.2) is 43.2 Å². The summed E-state index contributed by atoms with van der Waals surface area (Å²) in [5.41, 5.74) is 1.88. The molecule has 2 nitrogen and oxygen atoms in total. The fraction of sp³-hybridized carbons (Fsp3) is 0.400. The summed E-state index contributed by atoms with van der Waals surface area (Å²) >= 11 is 5.81. The van der Waals surface area contributed by atoms with Gasteiger partial charge in [-0.3, -0.25) is 0 Å². The highest BCUT2D eigenvalue weighted by Crippen LogP contribution is 2.32. The Labute approximate surface area is 147 Å². The zero-order valence-electron chi connectivity index (χ0n) is 13.7. The van der Waals surface area contributed by atoms with E-state index in [0.717, 1.165) is 23.5 Å². The van der Waals surface area contributed by atoms with Gasteiger partial charge in [-0.05, 0) is 74.1 Å². The number of hydrogen-bond acceptors (Lipinski definition) is 2. The van der Waals surface area contributed by atoms with Crippen molar-refractivity contribution in [3.8, 4) is 11.4 Å². The number of halogens is 2. The molecule has 1 fully saturated rings. The lowest BCUT2D eigenvalue weighted by Crippen LogP contribution is -2.13. The lowest BCUT2D eigenvalue weighted by atomic mass is 9.80. The van der Waals surface area contributed by atoms with E-state index < -0.39 is 5.82 Å². The van der Waals surface area contributed by atoms with E-state index in [9.17, 15) is 4.39 Å². The average molecular weight is 345 g/mol. The molecule has 2 aromatic rings. The molecule has 0 saturated heterocycles. The van der Waals surface area contributed by atoms with Gasteiger partial charge >= 0.3 is 0 Å². The molecule has 4 heteroatoms. The van der Waals surface area contributed by atoms with Crippen LogP contribution in [0.25, 0.3) is 11.4 Å². The van der Waals surface area contributed by atoms with Gasteiger partial charge in [-0.25, -0.2) is 14.4 Å². The molecule has 24 heavy (non-hydrogen) atoms. The Hall–Kier alpha value is -1.74. The van der Waals surface area contributed by atoms with Crippen molar-refractivity contribution in [1.29, 1.82) is 0 Å². The van der Waals surface area contributed by atoms with Crippen molar-refractivity contribution < 1.29 is 4.39 Å². The van der Waals surface area contributed by atoms with Crippen molar-refractivity contribution in [3.05, 3.63) is 59.7 Å². The Morgan fingerprint density at radius 1 is 1.17 bits per heavy atom. The monoisotopic (exact) mass is 344 g/mol. The average Bonchev–Trinajstić information content (AvgIpc) is 2.63. The van der Waals surface area contributed by atoms with Gasteiger partial charge in [-0.1, -0.05) is 17.7 Å². The molecule has 0 N–H and O–H groups in total. The van der Waals surface area contributed by atoms with E-state index in [-0.39, 0.29) is 5.02 Å². The normalized spacial score (nSPS) is 20.8. The topological polar surface area (TPSA) is 25.8 Å². The minimum atomic E-state index is -0.428. The number of rotatable bonds is 5. The maximum Gasteiger partial charge on any atom is 0.159 e. The Morgan fingerprint density at radius 2 is 1.88 bits per heavy atom. The molecule has 0 unspecified atom stereocenters. The molecule has 0 aliphatic heterocycles. The van der Waals surface area contributed by atoms with Crippen LogP contribution in [0.5, 0.6) is 0 Å². The number of nitrogens with zero attached hydrogens (tertiary/aromatic N) is 2. The molecule has 1 aliphatic carbocycles. The Kier molecular flexibility index (Phi) is 5.62. The zero-order chi connectivity index (χ0) is 16.9. The van der Waals surface area contributed by atoms with E-state index in [1.54, 1.807) is 12.1 Å². The first-order chi connectivity index (χ1) is 11.7. The second-order valence-corrected chi connectivity index (χ2v) is 7.01. The summed E-state index contributed by atoms with van der Waals surface area (Å²) in [5.74, 6) is 1.67. The van der Waals surface area contributed by atoms with Crippen molar-refractivity contribution in [2.24, 2.45) is 11.8 Å². The fourth-order valence-electron chi connectivity index (χ4n) is 3.35. The van der Waals surface area contributed by atoms with Crippen LogP contribution in [0.4, 0.5) is 4.39 Å². The maximum absolute atomic E-state index is 13.2. The summed E-state index contributed by atoms with van der Waals surface area (Å²) in [5, 5.41) is 0.0929. The van der Waals surface area contributed by atoms with Gasteiger partial charge in [0.05, 0.1) is 5.02 Å². The molecule has 0 radical (unpaired) electrons. The van der Waals surface area contributed by atoms with E-state index in [4.69, 9.17) is 11.6 Å². The third-order valence-corrected chi connectivity index (χ3v) is 5.24. The molecule has 126 valence electrons. The summed E-state index contributed by atoms with van der Waals surface area (Å²) in [4.78, 5) is 8.81. The first kappa shape index (κ1) is 17.1. The van der Waals surface area contributed by atoms with Crippen molar-refractivity contribution >= 4 is 11.6 Å². The second kappa shape index (κ2) is 7.89. The van der Waals surface area contributed by atoms with Gasteiger partial charge < -0.3 is 0 Å². The fourth-order valence-corrected chi connectivity index (χ4v) is 3.53. The molecule has 0 spiro atoms. The van der Waals surface area contributed by atoms with E-state index in [0.29, 0.717) is 11.7 Å². The molecular formula is C20H22ClFN2. The van der Waals surface area contributed by atoms with E-state index in [1.807, 2.05) is 12.4 Å². The predicted molar refractivity (Wildman–Crippen MR) is 96.4 cm³/mol. The summed E-state index contributed by atoms with van der Waals surface area (Å²) in [6.45, 7) is 3.90. The third kappa shape index (κ3) is 4.21. The molecule has 0 amide bonds. The van der Waals surface area contributed by atoms with Crippen LogP contribution >= 0.6 is 11.6 Å². The lowest BCUT2D eigenvalue weighted by Gasteiger charge is -2.26. The Balaban J connectivity index is 1.57. The zero-order valence-corrected chi connectivity index (χ0v) is 14.5. The van der Waals surface area contributed by atoms with Gasteiger partial charge in [-0.15, -0.1) is 6.58 Å². The first-order valence-electron chi connectivity index (χ1n) is 8.54. The van der Waals surface area contributed by atoms with Crippen LogP contribution in [0.1, 0.15) is 37.7 Å². The number of benzene rings is 1. The molecule has 1 saturated carbocycles. The minimum absolute atomic E-state index is 0.0929. The van der Waals surface area contributed by atoms with Gasteiger partial charge in [0.2, 0.25) is 0 Å². The SMILES string of the molecule is C=C[C@H]1CC[C@H](CCc2cnc(-c3ccc(F)c(Cl)c3)nc2)CC1. The Morgan fingerprint density at radius 3 is 2.50 bits per heavy atom. The largest absolute Gasteiger partial charge is 0.236 e. The second-order valence-electron chi connectivity index (χ2n) is 6.60. The molecule has 1 aromatic heterocycles. The smallest absolute Gasteiger partial charge is 0.159 e. The Bertz CT molecular complexity index is 691. The summed E-state index contributed by atoms with van der Waals surface area (Å²) in [6, 6.07) is 4.55. The van der Waals surface area contributed by atoms with Crippen LogP contribution in [-0.2, 0) is 6.42 Å². The predicted octanol–water partition coefficient (Wildman–Crippen LogP) is 5.86. The quantitative estimate of drug-likeness (QED) is 0.635. The molecule has 3 rings (SSSR count). The summed E-state index contributed by atoms with van der Waals surface area (Å²) < 4.78 is 13.2. The van der Waals surface area contributed by atoms with Crippen molar-refractivity contribution in [2.75, 3.05) is 0 Å². The number of aryl methyl sites for hydroxylation is 1. The van der Waals surface area contributed by atoms with Gasteiger partial charge in [-0.2, -0.15) is 0 Å². The van der Waals surface area contributed by atoms with Gasteiger partial charge in [0.1, 0.15) is 5.82 Å². The van der Waals surface area contributed by atoms with E-state index in [1.165, 1.54) is 38.2 Å². The van der Waals surface area contributed by atoms with Crippen molar-refractivity contribution in [3.63, 3.8) is 0 Å². The summed E-state index contributed by atoms with van der Waals surface area (Å²) in [7, 11) is 0. The molecule has 1 heterocycles. The van der Waals surface area contributed by atoms with E-state index in [2.05, 4.69) is 22.6 Å². The van der Waals surface area contributed by atoms with Gasteiger partial charge in [0.25, 0.3) is 0 Å². The van der Waals surface area contributed by atoms with Gasteiger partial charge in [0, 0.05) is 18.0 Å². The molecule has 1 aliphatic rings. The highest BCUT2D eigenvalue weighted by Gasteiger charge is 2.19.